The van der Waals surface area contributed by atoms with Crippen LogP contribution in [0.2, 0.25) is 0 Å². The summed E-state index contributed by atoms with van der Waals surface area (Å²) >= 11 is 0. The highest BCUT2D eigenvalue weighted by atomic mass is 19.1. The van der Waals surface area contributed by atoms with Crippen LogP contribution >= 0.6 is 0 Å². The van der Waals surface area contributed by atoms with Crippen molar-refractivity contribution in [3.63, 3.8) is 0 Å². The number of carboxylic acid groups (broad SMARTS) is 1. The molecule has 19 heavy (non-hydrogen) atoms. The van der Waals surface area contributed by atoms with Gasteiger partial charge in [-0.2, -0.15) is 0 Å². The molecule has 0 aliphatic heterocycles. The molecule has 0 radical (unpaired) electrons. The third kappa shape index (κ3) is 3.74. The minimum absolute atomic E-state index is 0.149. The number of halogens is 1. The summed E-state index contributed by atoms with van der Waals surface area (Å²) in [4.78, 5) is 22.1. The van der Waals surface area contributed by atoms with Gasteiger partial charge in [-0.05, 0) is 20.3 Å². The maximum absolute atomic E-state index is 14.2. The molecule has 1 rings (SSSR count). The van der Waals surface area contributed by atoms with Crippen LogP contribution in [-0.4, -0.2) is 41.3 Å². The number of carboxylic acids is 1. The number of hydrogen-bond acceptors (Lipinski definition) is 4. The largest absolute Gasteiger partial charge is 0.478 e. The normalized spacial score (nSPS) is 27.6. The zero-order valence-electron chi connectivity index (χ0n) is 11.1. The van der Waals surface area contributed by atoms with E-state index in [1.54, 1.807) is 13.8 Å². The number of ether oxygens (including phenoxy) is 1. The lowest BCUT2D eigenvalue weighted by Gasteiger charge is -2.36. The fourth-order valence-corrected chi connectivity index (χ4v) is 2.06. The third-order valence-corrected chi connectivity index (χ3v) is 2.81. The quantitative estimate of drug-likeness (QED) is 0.685. The molecular formula is C12H19FN2O4. The van der Waals surface area contributed by atoms with Crippen LogP contribution < -0.4 is 11.1 Å². The molecule has 3 atom stereocenters. The van der Waals surface area contributed by atoms with Crippen LogP contribution in [-0.2, 0) is 14.3 Å². The van der Waals surface area contributed by atoms with Gasteiger partial charge in [0, 0.05) is 13.0 Å². The zero-order chi connectivity index (χ0) is 14.7. The molecule has 1 amide bonds. The Hall–Kier alpha value is -1.47. The SMILES string of the molecule is CC(=O)N[C@H]1[C@H](OC(C)C)C(F)=C(C(=O)O)C[C@@H]1N. The van der Waals surface area contributed by atoms with E-state index in [1.165, 1.54) is 6.92 Å². The number of carbonyl (C=O) groups excluding carboxylic acids is 1. The number of carbonyl (C=O) groups is 2. The Morgan fingerprint density at radius 2 is 2.11 bits per heavy atom. The zero-order valence-corrected chi connectivity index (χ0v) is 11.1. The van der Waals surface area contributed by atoms with Crippen LogP contribution in [0.5, 0.6) is 0 Å². The molecule has 0 aromatic heterocycles. The molecule has 0 aromatic rings. The first-order valence-electron chi connectivity index (χ1n) is 6.04. The first-order valence-corrected chi connectivity index (χ1v) is 6.04. The number of nitrogens with two attached hydrogens (primary N) is 1. The first-order chi connectivity index (χ1) is 8.73. The van der Waals surface area contributed by atoms with Crippen LogP contribution in [0.15, 0.2) is 11.4 Å². The van der Waals surface area contributed by atoms with Gasteiger partial charge in [0.2, 0.25) is 5.91 Å². The second kappa shape index (κ2) is 6.12. The van der Waals surface area contributed by atoms with Gasteiger partial charge in [-0.3, -0.25) is 4.79 Å². The van der Waals surface area contributed by atoms with Gasteiger partial charge >= 0.3 is 5.97 Å². The van der Waals surface area contributed by atoms with E-state index in [4.69, 9.17) is 15.6 Å². The van der Waals surface area contributed by atoms with Crippen LogP contribution in [0.3, 0.4) is 0 Å². The Morgan fingerprint density at radius 3 is 2.53 bits per heavy atom. The summed E-state index contributed by atoms with van der Waals surface area (Å²) in [5.41, 5.74) is 5.44. The molecule has 0 saturated carbocycles. The molecule has 0 saturated heterocycles. The minimum Gasteiger partial charge on any atom is -0.478 e. The monoisotopic (exact) mass is 274 g/mol. The molecule has 0 bridgehead atoms. The molecule has 108 valence electrons. The van der Waals surface area contributed by atoms with Crippen molar-refractivity contribution in [1.82, 2.24) is 5.32 Å². The van der Waals surface area contributed by atoms with Crippen LogP contribution in [0.1, 0.15) is 27.2 Å². The topological polar surface area (TPSA) is 102 Å². The molecule has 1 aliphatic rings. The van der Waals surface area contributed by atoms with Crippen molar-refractivity contribution in [2.45, 2.75) is 51.5 Å². The maximum atomic E-state index is 14.2. The molecule has 6 nitrogen and oxygen atoms in total. The van der Waals surface area contributed by atoms with E-state index in [0.717, 1.165) is 0 Å². The van der Waals surface area contributed by atoms with Crippen molar-refractivity contribution in [3.05, 3.63) is 11.4 Å². The fourth-order valence-electron chi connectivity index (χ4n) is 2.06. The number of nitrogens with one attached hydrogen (secondary N) is 1. The predicted octanol–water partition coefficient (Wildman–Crippen LogP) is 0.324. The minimum atomic E-state index is -1.36. The van der Waals surface area contributed by atoms with Gasteiger partial charge in [0.05, 0.1) is 17.7 Å². The van der Waals surface area contributed by atoms with Gasteiger partial charge in [0.25, 0.3) is 0 Å². The molecule has 0 fully saturated rings. The highest BCUT2D eigenvalue weighted by Crippen LogP contribution is 2.29. The summed E-state index contributed by atoms with van der Waals surface area (Å²) in [6.07, 6.45) is -1.64. The van der Waals surface area contributed by atoms with Gasteiger partial charge in [-0.25, -0.2) is 9.18 Å². The number of aliphatic carboxylic acids is 1. The van der Waals surface area contributed by atoms with Gasteiger partial charge in [0.1, 0.15) is 11.9 Å². The second-order valence-corrected chi connectivity index (χ2v) is 4.83. The van der Waals surface area contributed by atoms with E-state index in [-0.39, 0.29) is 24.0 Å². The number of hydrogen-bond donors (Lipinski definition) is 3. The van der Waals surface area contributed by atoms with Crippen molar-refractivity contribution in [2.75, 3.05) is 0 Å². The predicted molar refractivity (Wildman–Crippen MR) is 66.0 cm³/mol. The van der Waals surface area contributed by atoms with E-state index < -0.39 is 30.0 Å². The Labute approximate surface area is 110 Å². The Balaban J connectivity index is 3.11. The van der Waals surface area contributed by atoms with E-state index in [0.29, 0.717) is 0 Å². The molecule has 1 aliphatic carbocycles. The molecule has 0 spiro atoms. The summed E-state index contributed by atoms with van der Waals surface area (Å²) in [5, 5.41) is 11.5. The van der Waals surface area contributed by atoms with Crippen molar-refractivity contribution in [1.29, 1.82) is 0 Å². The van der Waals surface area contributed by atoms with Gasteiger partial charge < -0.3 is 20.9 Å². The van der Waals surface area contributed by atoms with Crippen LogP contribution in [0, 0.1) is 0 Å². The van der Waals surface area contributed by atoms with Crippen molar-refractivity contribution in [3.8, 4) is 0 Å². The summed E-state index contributed by atoms with van der Waals surface area (Å²) in [5.74, 6) is -2.60. The summed E-state index contributed by atoms with van der Waals surface area (Å²) in [6.45, 7) is 4.67. The Kier molecular flexibility index (Phi) is 5.02. The molecule has 0 unspecified atom stereocenters. The molecule has 0 aromatic carbocycles. The Bertz CT molecular complexity index is 409. The van der Waals surface area contributed by atoms with E-state index in [9.17, 15) is 14.0 Å². The highest BCUT2D eigenvalue weighted by Gasteiger charge is 2.41. The van der Waals surface area contributed by atoms with Gasteiger partial charge in [-0.15, -0.1) is 0 Å². The third-order valence-electron chi connectivity index (χ3n) is 2.81. The Morgan fingerprint density at radius 1 is 1.53 bits per heavy atom. The summed E-state index contributed by atoms with van der Waals surface area (Å²) < 4.78 is 19.5. The summed E-state index contributed by atoms with van der Waals surface area (Å²) in [6, 6.07) is -1.48. The van der Waals surface area contributed by atoms with Crippen LogP contribution in [0.25, 0.3) is 0 Å². The maximum Gasteiger partial charge on any atom is 0.334 e. The molecular weight excluding hydrogens is 255 g/mol. The van der Waals surface area contributed by atoms with Crippen molar-refractivity contribution >= 4 is 11.9 Å². The highest BCUT2D eigenvalue weighted by molar-refractivity contribution is 5.88. The second-order valence-electron chi connectivity index (χ2n) is 4.83. The van der Waals surface area contributed by atoms with Gasteiger partial charge in [0.15, 0.2) is 0 Å². The smallest absolute Gasteiger partial charge is 0.334 e. The summed E-state index contributed by atoms with van der Waals surface area (Å²) in [7, 11) is 0. The van der Waals surface area contributed by atoms with Gasteiger partial charge in [-0.1, -0.05) is 0 Å². The van der Waals surface area contributed by atoms with Crippen molar-refractivity contribution < 1.29 is 23.8 Å². The fraction of sp³-hybridized carbons (Fsp3) is 0.667. The molecule has 7 heteroatoms. The first kappa shape index (κ1) is 15.6. The average molecular weight is 274 g/mol. The lowest BCUT2D eigenvalue weighted by molar-refractivity contribution is -0.133. The van der Waals surface area contributed by atoms with Crippen LogP contribution in [0.4, 0.5) is 4.39 Å². The van der Waals surface area contributed by atoms with E-state index >= 15 is 0 Å². The molecule has 0 heterocycles. The average Bonchev–Trinajstić information content (AvgIpc) is 2.26. The lowest BCUT2D eigenvalue weighted by Crippen LogP contribution is -2.58. The lowest BCUT2D eigenvalue weighted by atomic mass is 9.87. The number of amides is 1. The standard InChI is InChI=1S/C12H19FN2O4/c1-5(2)19-11-9(13)7(12(17)18)4-8(14)10(11)15-6(3)16/h5,8,10-11H,4,14H2,1-3H3,(H,15,16)(H,17,18)/t8-,10+,11+/m0/s1. The van der Waals surface area contributed by atoms with E-state index in [1.807, 2.05) is 0 Å². The molecule has 4 N–H and O–H groups in total. The number of rotatable bonds is 4. The van der Waals surface area contributed by atoms with Crippen molar-refractivity contribution in [2.24, 2.45) is 5.73 Å². The van der Waals surface area contributed by atoms with E-state index in [2.05, 4.69) is 5.32 Å².